The zero-order chi connectivity index (χ0) is 19.6. The SMILES string of the molecule is CCN(CC(=O)O)C1CCN(C(=O)c2cc3cc([N+](=O)[O-])ccc3o2)CC1. The van der Waals surface area contributed by atoms with Crippen LogP contribution < -0.4 is 0 Å². The molecule has 1 N–H and O–H groups in total. The number of rotatable bonds is 6. The van der Waals surface area contributed by atoms with E-state index in [1.807, 2.05) is 11.8 Å². The maximum Gasteiger partial charge on any atom is 0.317 e. The lowest BCUT2D eigenvalue weighted by Crippen LogP contribution is -2.48. The minimum Gasteiger partial charge on any atom is -0.480 e. The number of carbonyl (C=O) groups is 2. The van der Waals surface area contributed by atoms with Crippen molar-refractivity contribution < 1.29 is 24.0 Å². The van der Waals surface area contributed by atoms with Gasteiger partial charge in [-0.2, -0.15) is 0 Å². The number of furan rings is 1. The van der Waals surface area contributed by atoms with Crippen LogP contribution in [-0.2, 0) is 4.79 Å². The maximum absolute atomic E-state index is 12.7. The van der Waals surface area contributed by atoms with Crippen molar-refractivity contribution in [2.45, 2.75) is 25.8 Å². The van der Waals surface area contributed by atoms with Crippen molar-refractivity contribution in [3.8, 4) is 0 Å². The fourth-order valence-electron chi connectivity index (χ4n) is 3.51. The lowest BCUT2D eigenvalue weighted by Gasteiger charge is -2.37. The van der Waals surface area contributed by atoms with Crippen molar-refractivity contribution in [2.75, 3.05) is 26.2 Å². The number of carboxylic acids is 1. The van der Waals surface area contributed by atoms with Gasteiger partial charge in [0.1, 0.15) is 5.58 Å². The molecule has 0 saturated carbocycles. The normalized spacial score (nSPS) is 15.4. The van der Waals surface area contributed by atoms with Crippen molar-refractivity contribution in [2.24, 2.45) is 0 Å². The molecule has 9 heteroatoms. The van der Waals surface area contributed by atoms with Crippen LogP contribution in [0.15, 0.2) is 28.7 Å². The summed E-state index contributed by atoms with van der Waals surface area (Å²) >= 11 is 0. The fourth-order valence-corrected chi connectivity index (χ4v) is 3.51. The van der Waals surface area contributed by atoms with Gasteiger partial charge in [-0.25, -0.2) is 0 Å². The van der Waals surface area contributed by atoms with Crippen LogP contribution in [0.1, 0.15) is 30.3 Å². The number of likely N-dealkylation sites (N-methyl/N-ethyl adjacent to an activating group) is 1. The number of carbonyl (C=O) groups excluding carboxylic acids is 1. The Morgan fingerprint density at radius 3 is 2.63 bits per heavy atom. The highest BCUT2D eigenvalue weighted by molar-refractivity contribution is 5.96. The second-order valence-electron chi connectivity index (χ2n) is 6.57. The van der Waals surface area contributed by atoms with Gasteiger partial charge in [-0.15, -0.1) is 0 Å². The van der Waals surface area contributed by atoms with Crippen LogP contribution in [0.25, 0.3) is 11.0 Å². The van der Waals surface area contributed by atoms with Crippen LogP contribution in [0.4, 0.5) is 5.69 Å². The quantitative estimate of drug-likeness (QED) is 0.608. The van der Waals surface area contributed by atoms with Crippen LogP contribution in [0.3, 0.4) is 0 Å². The summed E-state index contributed by atoms with van der Waals surface area (Å²) < 4.78 is 5.56. The molecule has 3 rings (SSSR count). The Labute approximate surface area is 155 Å². The average molecular weight is 375 g/mol. The molecule has 0 radical (unpaired) electrons. The minimum absolute atomic E-state index is 0.00251. The number of benzene rings is 1. The molecule has 27 heavy (non-hydrogen) atoms. The lowest BCUT2D eigenvalue weighted by molar-refractivity contribution is -0.384. The Bertz CT molecular complexity index is 869. The summed E-state index contributed by atoms with van der Waals surface area (Å²) in [6, 6.07) is 5.87. The Morgan fingerprint density at radius 2 is 2.04 bits per heavy atom. The van der Waals surface area contributed by atoms with E-state index in [1.54, 1.807) is 4.90 Å². The molecule has 0 atom stereocenters. The zero-order valence-electron chi connectivity index (χ0n) is 15.0. The van der Waals surface area contributed by atoms with Crippen LogP contribution in [0.5, 0.6) is 0 Å². The highest BCUT2D eigenvalue weighted by atomic mass is 16.6. The van der Waals surface area contributed by atoms with Gasteiger partial charge in [0.2, 0.25) is 0 Å². The standard InChI is InChI=1S/C18H21N3O6/c1-2-19(11-17(22)23)13-5-7-20(8-6-13)18(24)16-10-12-9-14(21(25)26)3-4-15(12)27-16/h3-4,9-10,13H,2,5-8,11H2,1H3,(H,22,23). The van der Waals surface area contributed by atoms with Crippen molar-refractivity contribution in [1.29, 1.82) is 0 Å². The van der Waals surface area contributed by atoms with Crippen molar-refractivity contribution in [3.63, 3.8) is 0 Å². The third-order valence-electron chi connectivity index (χ3n) is 4.93. The molecule has 1 aliphatic heterocycles. The highest BCUT2D eigenvalue weighted by Gasteiger charge is 2.29. The van der Waals surface area contributed by atoms with Gasteiger partial charge >= 0.3 is 5.97 Å². The summed E-state index contributed by atoms with van der Waals surface area (Å²) in [6.45, 7) is 3.59. The Balaban J connectivity index is 1.68. The summed E-state index contributed by atoms with van der Waals surface area (Å²) in [4.78, 5) is 37.6. The molecule has 0 spiro atoms. The predicted molar refractivity (Wildman–Crippen MR) is 96.7 cm³/mol. The smallest absolute Gasteiger partial charge is 0.317 e. The molecule has 1 saturated heterocycles. The molecule has 9 nitrogen and oxygen atoms in total. The minimum atomic E-state index is -0.855. The molecule has 2 aromatic rings. The van der Waals surface area contributed by atoms with Gasteiger partial charge in [-0.05, 0) is 31.5 Å². The van der Waals surface area contributed by atoms with Crippen LogP contribution in [0, 0.1) is 10.1 Å². The topological polar surface area (TPSA) is 117 Å². The van der Waals surface area contributed by atoms with Gasteiger partial charge < -0.3 is 14.4 Å². The van der Waals surface area contributed by atoms with Gasteiger partial charge in [0.25, 0.3) is 11.6 Å². The van der Waals surface area contributed by atoms with Gasteiger partial charge in [0.15, 0.2) is 5.76 Å². The molecular weight excluding hydrogens is 354 g/mol. The molecule has 1 amide bonds. The first-order valence-electron chi connectivity index (χ1n) is 8.82. The Hall–Kier alpha value is -2.94. The monoisotopic (exact) mass is 375 g/mol. The van der Waals surface area contributed by atoms with Crippen molar-refractivity contribution in [3.05, 3.63) is 40.1 Å². The molecule has 0 aliphatic carbocycles. The van der Waals surface area contributed by atoms with Gasteiger partial charge in [0, 0.05) is 36.7 Å². The van der Waals surface area contributed by atoms with Crippen molar-refractivity contribution >= 4 is 28.5 Å². The van der Waals surface area contributed by atoms with E-state index in [4.69, 9.17) is 9.52 Å². The molecular formula is C18H21N3O6. The molecule has 0 unspecified atom stereocenters. The van der Waals surface area contributed by atoms with E-state index in [1.165, 1.54) is 24.3 Å². The van der Waals surface area contributed by atoms with E-state index in [0.29, 0.717) is 43.4 Å². The zero-order valence-corrected chi connectivity index (χ0v) is 15.0. The number of nitro benzene ring substituents is 1. The van der Waals surface area contributed by atoms with E-state index in [9.17, 15) is 19.7 Å². The van der Waals surface area contributed by atoms with Gasteiger partial charge in [-0.3, -0.25) is 24.6 Å². The molecule has 0 bridgehead atoms. The Morgan fingerprint density at radius 1 is 1.33 bits per heavy atom. The summed E-state index contributed by atoms with van der Waals surface area (Å²) in [5.74, 6) is -0.956. The number of aliphatic carboxylic acids is 1. The fraction of sp³-hybridized carbons (Fsp3) is 0.444. The maximum atomic E-state index is 12.7. The molecule has 1 aromatic carbocycles. The number of hydrogen-bond acceptors (Lipinski definition) is 6. The van der Waals surface area contributed by atoms with Crippen LogP contribution in [-0.4, -0.2) is 63.9 Å². The first-order chi connectivity index (χ1) is 12.9. The first-order valence-corrected chi connectivity index (χ1v) is 8.82. The van der Waals surface area contributed by atoms with E-state index in [2.05, 4.69) is 0 Å². The molecule has 1 aromatic heterocycles. The summed E-state index contributed by atoms with van der Waals surface area (Å²) in [6.07, 6.45) is 1.39. The number of carboxylic acid groups (broad SMARTS) is 1. The second kappa shape index (κ2) is 7.75. The summed E-state index contributed by atoms with van der Waals surface area (Å²) in [5.41, 5.74) is 0.374. The highest BCUT2D eigenvalue weighted by Crippen LogP contribution is 2.26. The molecule has 2 heterocycles. The number of piperidine rings is 1. The third-order valence-corrected chi connectivity index (χ3v) is 4.93. The molecule has 1 aliphatic rings. The number of fused-ring (bicyclic) bond motifs is 1. The van der Waals surface area contributed by atoms with E-state index < -0.39 is 10.9 Å². The Kier molecular flexibility index (Phi) is 5.41. The van der Waals surface area contributed by atoms with Crippen LogP contribution in [0.2, 0.25) is 0 Å². The summed E-state index contributed by atoms with van der Waals surface area (Å²) in [7, 11) is 0. The number of nitro groups is 1. The third kappa shape index (κ3) is 4.08. The van der Waals surface area contributed by atoms with Gasteiger partial charge in [0.05, 0.1) is 11.5 Å². The first kappa shape index (κ1) is 18.8. The number of likely N-dealkylation sites (tertiary alicyclic amines) is 1. The lowest BCUT2D eigenvalue weighted by atomic mass is 10.0. The molecule has 144 valence electrons. The van der Waals surface area contributed by atoms with Crippen LogP contribution >= 0.6 is 0 Å². The van der Waals surface area contributed by atoms with E-state index in [0.717, 1.165) is 0 Å². The number of amides is 1. The van der Waals surface area contributed by atoms with E-state index in [-0.39, 0.29) is 29.9 Å². The average Bonchev–Trinajstić information content (AvgIpc) is 3.08. The largest absolute Gasteiger partial charge is 0.480 e. The predicted octanol–water partition coefficient (Wildman–Crippen LogP) is 2.35. The van der Waals surface area contributed by atoms with Crippen molar-refractivity contribution in [1.82, 2.24) is 9.80 Å². The molecule has 1 fully saturated rings. The number of non-ortho nitro benzene ring substituents is 1. The van der Waals surface area contributed by atoms with Gasteiger partial charge in [-0.1, -0.05) is 6.92 Å². The number of nitrogens with zero attached hydrogens (tertiary/aromatic N) is 3. The van der Waals surface area contributed by atoms with E-state index >= 15 is 0 Å². The number of hydrogen-bond donors (Lipinski definition) is 1. The second-order valence-corrected chi connectivity index (χ2v) is 6.57. The summed E-state index contributed by atoms with van der Waals surface area (Å²) in [5, 5.41) is 20.4.